The van der Waals surface area contributed by atoms with Crippen LogP contribution >= 0.6 is 0 Å². The van der Waals surface area contributed by atoms with Gasteiger partial charge >= 0.3 is 0 Å². The van der Waals surface area contributed by atoms with E-state index in [2.05, 4.69) is 181 Å². The molecule has 2 unspecified atom stereocenters. The molecule has 0 aromatic heterocycles. The second-order valence-corrected chi connectivity index (χ2v) is 17.7. The zero-order valence-corrected chi connectivity index (χ0v) is 31.8. The molecule has 4 fully saturated rings. The first-order valence-electron chi connectivity index (χ1n) is 20.7. The smallest absolute Gasteiger partial charge is 0.0726 e. The van der Waals surface area contributed by atoms with Crippen molar-refractivity contribution < 1.29 is 0 Å². The molecular weight excluding hydrogens is 675 g/mol. The molecule has 0 radical (unpaired) electrons. The molecule has 56 heavy (non-hydrogen) atoms. The van der Waals surface area contributed by atoms with Crippen molar-refractivity contribution in [2.45, 2.75) is 54.8 Å². The molecular formula is C55H45N. The van der Waals surface area contributed by atoms with Crippen LogP contribution in [0.5, 0.6) is 0 Å². The van der Waals surface area contributed by atoms with Crippen LogP contribution in [0.15, 0.2) is 176 Å². The number of para-hydroxylation sites is 2. The van der Waals surface area contributed by atoms with Crippen molar-refractivity contribution in [1.29, 1.82) is 0 Å². The molecule has 0 amide bonds. The van der Waals surface area contributed by atoms with Crippen molar-refractivity contribution in [1.82, 2.24) is 0 Å². The van der Waals surface area contributed by atoms with Gasteiger partial charge in [0.15, 0.2) is 0 Å². The van der Waals surface area contributed by atoms with Crippen LogP contribution < -0.4 is 4.90 Å². The quantitative estimate of drug-likeness (QED) is 0.165. The highest BCUT2D eigenvalue weighted by Crippen LogP contribution is 2.68. The third-order valence-electron chi connectivity index (χ3n) is 14.8. The summed E-state index contributed by atoms with van der Waals surface area (Å²) in [6.45, 7) is 4.04. The summed E-state index contributed by atoms with van der Waals surface area (Å²) in [5, 5.41) is 0. The fourth-order valence-corrected chi connectivity index (χ4v) is 13.1. The molecule has 6 aliphatic rings. The number of benzene rings is 7. The molecule has 7 aromatic rings. The van der Waals surface area contributed by atoms with Crippen molar-refractivity contribution >= 4 is 23.1 Å². The van der Waals surface area contributed by atoms with Crippen LogP contribution in [0.4, 0.5) is 17.1 Å². The van der Waals surface area contributed by atoms with Gasteiger partial charge in [-0.1, -0.05) is 146 Å². The number of rotatable bonds is 6. The van der Waals surface area contributed by atoms with Crippen molar-refractivity contribution in [3.05, 3.63) is 215 Å². The molecule has 1 heteroatoms. The Morgan fingerprint density at radius 1 is 0.446 bits per heavy atom. The largest absolute Gasteiger partial charge is 0.310 e. The van der Waals surface area contributed by atoms with Crippen LogP contribution in [0.1, 0.15) is 77.5 Å². The van der Waals surface area contributed by atoms with E-state index < -0.39 is 5.41 Å². The lowest BCUT2D eigenvalue weighted by molar-refractivity contribution is -0.0281. The summed E-state index contributed by atoms with van der Waals surface area (Å²) in [5.41, 5.74) is 19.0. The summed E-state index contributed by atoms with van der Waals surface area (Å²) in [7, 11) is 0. The Morgan fingerprint density at radius 3 is 1.52 bits per heavy atom. The average molecular weight is 720 g/mol. The normalized spacial score (nSPS) is 24.0. The summed E-state index contributed by atoms with van der Waals surface area (Å²) in [5.74, 6) is 1.57. The SMILES string of the molecule is C=Cc1ccc(C23CC4CC(C2)CC(c2ccc5c(c2)C2(c6ccccc6-c6ccccc62)c2cc(N(c6ccccc6)c6ccccc6)ccc2-5)(C4)C3)cc1. The van der Waals surface area contributed by atoms with Gasteiger partial charge in [-0.3, -0.25) is 0 Å². The Morgan fingerprint density at radius 2 is 0.929 bits per heavy atom. The maximum Gasteiger partial charge on any atom is 0.0726 e. The third kappa shape index (κ3) is 4.37. The fraction of sp³-hybridized carbons (Fsp3) is 0.200. The highest BCUT2D eigenvalue weighted by molar-refractivity contribution is 5.96. The maximum absolute atomic E-state index is 4.04. The third-order valence-corrected chi connectivity index (χ3v) is 14.8. The Kier molecular flexibility index (Phi) is 6.81. The van der Waals surface area contributed by atoms with Crippen molar-refractivity contribution in [3.8, 4) is 22.3 Å². The summed E-state index contributed by atoms with van der Waals surface area (Å²) in [4.78, 5) is 2.42. The van der Waals surface area contributed by atoms with E-state index in [0.717, 1.165) is 23.2 Å². The van der Waals surface area contributed by atoms with Crippen LogP contribution in [-0.2, 0) is 16.2 Å². The lowest BCUT2D eigenvalue weighted by Gasteiger charge is -2.63. The molecule has 13 rings (SSSR count). The first-order valence-corrected chi connectivity index (χ1v) is 20.7. The van der Waals surface area contributed by atoms with Gasteiger partial charge in [0, 0.05) is 17.1 Å². The van der Waals surface area contributed by atoms with Crippen molar-refractivity contribution in [2.75, 3.05) is 4.90 Å². The molecule has 7 aromatic carbocycles. The van der Waals surface area contributed by atoms with E-state index in [0.29, 0.717) is 0 Å². The van der Waals surface area contributed by atoms with Crippen LogP contribution in [0.25, 0.3) is 28.3 Å². The molecule has 4 bridgehead atoms. The predicted octanol–water partition coefficient (Wildman–Crippen LogP) is 13.9. The lowest BCUT2D eigenvalue weighted by Crippen LogP contribution is -2.56. The monoisotopic (exact) mass is 719 g/mol. The number of hydrogen-bond donors (Lipinski definition) is 0. The van der Waals surface area contributed by atoms with E-state index >= 15 is 0 Å². The predicted molar refractivity (Wildman–Crippen MR) is 232 cm³/mol. The molecule has 1 nitrogen and oxygen atoms in total. The van der Waals surface area contributed by atoms with Gasteiger partial charge in [0.05, 0.1) is 5.41 Å². The molecule has 0 N–H and O–H groups in total. The first kappa shape index (κ1) is 32.3. The van der Waals surface area contributed by atoms with E-state index in [1.54, 1.807) is 11.1 Å². The van der Waals surface area contributed by atoms with E-state index in [4.69, 9.17) is 0 Å². The summed E-state index contributed by atoms with van der Waals surface area (Å²) in [6.07, 6.45) is 9.93. The van der Waals surface area contributed by atoms with Gasteiger partial charge in [-0.25, -0.2) is 0 Å². The number of hydrogen-bond acceptors (Lipinski definition) is 1. The van der Waals surface area contributed by atoms with E-state index in [1.165, 1.54) is 94.3 Å². The van der Waals surface area contributed by atoms with Crippen LogP contribution in [-0.4, -0.2) is 0 Å². The maximum atomic E-state index is 4.04. The molecule has 0 saturated heterocycles. The highest BCUT2D eigenvalue weighted by atomic mass is 15.1. The van der Waals surface area contributed by atoms with Crippen LogP contribution in [0.3, 0.4) is 0 Å². The summed E-state index contributed by atoms with van der Waals surface area (Å²) >= 11 is 0. The number of anilines is 3. The van der Waals surface area contributed by atoms with E-state index in [-0.39, 0.29) is 10.8 Å². The Hall–Kier alpha value is -5.92. The van der Waals surface area contributed by atoms with Gasteiger partial charge in [0.25, 0.3) is 0 Å². The summed E-state index contributed by atoms with van der Waals surface area (Å²) in [6, 6.07) is 64.8. The molecule has 270 valence electrons. The van der Waals surface area contributed by atoms with Gasteiger partial charge in [-0.15, -0.1) is 0 Å². The molecule has 4 saturated carbocycles. The number of nitrogens with zero attached hydrogens (tertiary/aromatic N) is 1. The minimum absolute atomic E-state index is 0.187. The van der Waals surface area contributed by atoms with Crippen molar-refractivity contribution in [2.24, 2.45) is 11.8 Å². The Labute approximate surface area is 331 Å². The minimum atomic E-state index is -0.413. The topological polar surface area (TPSA) is 3.24 Å². The molecule has 6 aliphatic carbocycles. The van der Waals surface area contributed by atoms with Crippen LogP contribution in [0, 0.1) is 11.8 Å². The Balaban J connectivity index is 1.08. The van der Waals surface area contributed by atoms with Crippen molar-refractivity contribution in [3.63, 3.8) is 0 Å². The minimum Gasteiger partial charge on any atom is -0.310 e. The van der Waals surface area contributed by atoms with Gasteiger partial charge in [-0.2, -0.15) is 0 Å². The fourth-order valence-electron chi connectivity index (χ4n) is 13.1. The number of fused-ring (bicyclic) bond motifs is 10. The first-order chi connectivity index (χ1) is 27.6. The second kappa shape index (κ2) is 11.8. The average Bonchev–Trinajstić information content (AvgIpc) is 3.71. The molecule has 2 atom stereocenters. The molecule has 0 heterocycles. The second-order valence-electron chi connectivity index (χ2n) is 17.7. The lowest BCUT2D eigenvalue weighted by atomic mass is 9.41. The van der Waals surface area contributed by atoms with Gasteiger partial charge in [0.2, 0.25) is 0 Å². The van der Waals surface area contributed by atoms with Gasteiger partial charge in [-0.05, 0) is 159 Å². The Bertz CT molecular complexity index is 2590. The zero-order chi connectivity index (χ0) is 37.1. The highest BCUT2D eigenvalue weighted by Gasteiger charge is 2.59. The molecule has 1 spiro atoms. The van der Waals surface area contributed by atoms with Gasteiger partial charge in [0.1, 0.15) is 0 Å². The zero-order valence-electron chi connectivity index (χ0n) is 31.8. The molecule has 0 aliphatic heterocycles. The van der Waals surface area contributed by atoms with Gasteiger partial charge < -0.3 is 4.90 Å². The van der Waals surface area contributed by atoms with E-state index in [1.807, 2.05) is 6.08 Å². The van der Waals surface area contributed by atoms with E-state index in [9.17, 15) is 0 Å². The standard InChI is InChI=1S/C55H45N/c1-2-37-21-23-40(24-22-37)53-32-38-29-39(33-53)35-54(34-38,36-53)41-25-27-47-48-28-26-44(56(42-13-5-3-6-14-42)43-15-7-4-8-16-43)31-52(48)55(51(47)30-41)49-19-11-9-17-45(49)46-18-10-12-20-50(46)55/h2-28,30-31,38-39H,1,29,32-36H2. The van der Waals surface area contributed by atoms with Crippen LogP contribution in [0.2, 0.25) is 0 Å². The summed E-state index contributed by atoms with van der Waals surface area (Å²) < 4.78 is 0.